The molecule has 0 atom stereocenters. The van der Waals surface area contributed by atoms with Crippen LogP contribution in [-0.4, -0.2) is 22.1 Å². The Balaban J connectivity index is 1.93. The molecule has 0 aliphatic heterocycles. The summed E-state index contributed by atoms with van der Waals surface area (Å²) >= 11 is 0. The summed E-state index contributed by atoms with van der Waals surface area (Å²) in [6, 6.07) is 10.1. The molecule has 0 saturated carbocycles. The van der Waals surface area contributed by atoms with Gasteiger partial charge in [-0.25, -0.2) is 4.98 Å². The number of para-hydroxylation sites is 1. The van der Waals surface area contributed by atoms with E-state index in [1.807, 2.05) is 0 Å². The van der Waals surface area contributed by atoms with Crippen LogP contribution in [0.2, 0.25) is 0 Å². The molecule has 0 aliphatic rings. The fourth-order valence-corrected chi connectivity index (χ4v) is 3.51. The van der Waals surface area contributed by atoms with Crippen molar-refractivity contribution in [3.05, 3.63) is 78.4 Å². The predicted octanol–water partition coefficient (Wildman–Crippen LogP) is 6.85. The summed E-state index contributed by atoms with van der Waals surface area (Å²) in [6.45, 7) is 0. The molecule has 0 saturated heterocycles. The van der Waals surface area contributed by atoms with E-state index in [2.05, 4.69) is 15.0 Å². The minimum atomic E-state index is -4.97. The molecule has 33 heavy (non-hydrogen) atoms. The number of aromatic nitrogens is 3. The van der Waals surface area contributed by atoms with Gasteiger partial charge in [0.1, 0.15) is 5.75 Å². The van der Waals surface area contributed by atoms with E-state index in [1.165, 1.54) is 25.8 Å². The van der Waals surface area contributed by atoms with Crippen molar-refractivity contribution < 1.29 is 31.1 Å². The average molecular weight is 463 g/mol. The van der Waals surface area contributed by atoms with Crippen LogP contribution in [0, 0.1) is 0 Å². The second-order valence-electron chi connectivity index (χ2n) is 7.04. The molecule has 4 rings (SSSR count). The molecule has 170 valence electrons. The molecule has 2 heterocycles. The first-order valence-corrected chi connectivity index (χ1v) is 9.50. The van der Waals surface area contributed by atoms with Crippen molar-refractivity contribution >= 4 is 0 Å². The van der Waals surface area contributed by atoms with Gasteiger partial charge in [0.25, 0.3) is 0 Å². The topological polar surface area (TPSA) is 50.8 Å². The van der Waals surface area contributed by atoms with E-state index < -0.39 is 23.5 Å². The third-order valence-corrected chi connectivity index (χ3v) is 4.99. The Morgan fingerprint density at radius 2 is 1.48 bits per heavy atom. The molecule has 0 unspecified atom stereocenters. The van der Waals surface area contributed by atoms with Crippen LogP contribution in [0.15, 0.2) is 67.3 Å². The van der Waals surface area contributed by atoms with Crippen molar-refractivity contribution in [3.63, 3.8) is 0 Å². The summed E-state index contributed by atoms with van der Waals surface area (Å²) in [5, 5.41) is 0. The summed E-state index contributed by atoms with van der Waals surface area (Å²) in [6.07, 6.45) is -5.76. The quantitative estimate of drug-likeness (QED) is 0.337. The van der Waals surface area contributed by atoms with E-state index in [0.29, 0.717) is 34.6 Å². The highest BCUT2D eigenvalue weighted by atomic mass is 19.4. The number of methoxy groups -OCH3 is 1. The lowest BCUT2D eigenvalue weighted by molar-refractivity contribution is -0.143. The maximum Gasteiger partial charge on any atom is 0.416 e. The summed E-state index contributed by atoms with van der Waals surface area (Å²) in [5.74, 6) is 0.532. The molecule has 0 aliphatic carbocycles. The summed E-state index contributed by atoms with van der Waals surface area (Å²) in [7, 11) is 1.49. The molecule has 0 radical (unpaired) electrons. The van der Waals surface area contributed by atoms with Crippen LogP contribution < -0.4 is 4.74 Å². The zero-order valence-electron chi connectivity index (χ0n) is 16.9. The van der Waals surface area contributed by atoms with Gasteiger partial charge >= 0.3 is 12.4 Å². The number of nitrogens with one attached hydrogen (secondary N) is 1. The van der Waals surface area contributed by atoms with E-state index in [-0.39, 0.29) is 23.0 Å². The predicted molar refractivity (Wildman–Crippen MR) is 109 cm³/mol. The Labute approximate surface area is 183 Å². The molecular formula is C23H15F6N3O. The van der Waals surface area contributed by atoms with Crippen molar-refractivity contribution in [3.8, 4) is 39.4 Å². The molecule has 1 N–H and O–H groups in total. The summed E-state index contributed by atoms with van der Waals surface area (Å²) in [4.78, 5) is 10.9. The average Bonchev–Trinajstić information content (AvgIpc) is 3.27. The summed E-state index contributed by atoms with van der Waals surface area (Å²) < 4.78 is 85.5. The number of halogens is 6. The number of nitrogens with zero attached hydrogens (tertiary/aromatic N) is 2. The van der Waals surface area contributed by atoms with Gasteiger partial charge in [-0.3, -0.25) is 4.98 Å². The number of hydrogen-bond donors (Lipinski definition) is 1. The van der Waals surface area contributed by atoms with Gasteiger partial charge < -0.3 is 9.72 Å². The first-order chi connectivity index (χ1) is 15.6. The first-order valence-electron chi connectivity index (χ1n) is 9.50. The fourth-order valence-electron chi connectivity index (χ4n) is 3.51. The van der Waals surface area contributed by atoms with Crippen LogP contribution in [0.3, 0.4) is 0 Å². The molecule has 4 aromatic rings. The zero-order chi connectivity index (χ0) is 23.8. The highest BCUT2D eigenvalue weighted by Crippen LogP contribution is 2.42. The van der Waals surface area contributed by atoms with Gasteiger partial charge in [-0.05, 0) is 35.9 Å². The number of H-pyrrole nitrogens is 1. The van der Waals surface area contributed by atoms with Crippen molar-refractivity contribution in [1.29, 1.82) is 0 Å². The summed E-state index contributed by atoms with van der Waals surface area (Å²) in [5.41, 5.74) is -1.32. The minimum Gasteiger partial charge on any atom is -0.496 e. The second-order valence-corrected chi connectivity index (χ2v) is 7.04. The number of ether oxygens (including phenoxy) is 1. The molecule has 2 aromatic carbocycles. The normalized spacial score (nSPS) is 12.1. The van der Waals surface area contributed by atoms with E-state index in [4.69, 9.17) is 4.74 Å². The highest BCUT2D eigenvalue weighted by Gasteiger charge is 2.37. The number of alkyl halides is 6. The van der Waals surface area contributed by atoms with E-state index in [1.54, 1.807) is 30.3 Å². The monoisotopic (exact) mass is 463 g/mol. The van der Waals surface area contributed by atoms with Crippen LogP contribution in [0.4, 0.5) is 26.3 Å². The van der Waals surface area contributed by atoms with Gasteiger partial charge in [0.05, 0.1) is 36.0 Å². The minimum absolute atomic E-state index is 0.0734. The van der Waals surface area contributed by atoms with Crippen LogP contribution in [-0.2, 0) is 12.4 Å². The van der Waals surface area contributed by atoms with Gasteiger partial charge in [0.2, 0.25) is 0 Å². The molecule has 10 heteroatoms. The van der Waals surface area contributed by atoms with Crippen molar-refractivity contribution in [2.24, 2.45) is 0 Å². The van der Waals surface area contributed by atoms with Crippen molar-refractivity contribution in [2.45, 2.75) is 12.4 Å². The Kier molecular flexibility index (Phi) is 5.61. The number of imidazole rings is 1. The van der Waals surface area contributed by atoms with Gasteiger partial charge in [-0.15, -0.1) is 0 Å². The third-order valence-electron chi connectivity index (χ3n) is 4.99. The zero-order valence-corrected chi connectivity index (χ0v) is 16.9. The maximum atomic E-state index is 13.4. The highest BCUT2D eigenvalue weighted by molar-refractivity contribution is 5.89. The van der Waals surface area contributed by atoms with E-state index >= 15 is 0 Å². The molecule has 0 spiro atoms. The van der Waals surface area contributed by atoms with E-state index in [0.717, 1.165) is 0 Å². The Morgan fingerprint density at radius 3 is 2.12 bits per heavy atom. The van der Waals surface area contributed by atoms with Crippen LogP contribution >= 0.6 is 0 Å². The fraction of sp³-hybridized carbons (Fsp3) is 0.130. The molecular weight excluding hydrogens is 448 g/mol. The molecule has 4 nitrogen and oxygen atoms in total. The number of rotatable bonds is 4. The Morgan fingerprint density at radius 1 is 0.818 bits per heavy atom. The van der Waals surface area contributed by atoms with Gasteiger partial charge in [0, 0.05) is 29.1 Å². The van der Waals surface area contributed by atoms with Crippen LogP contribution in [0.1, 0.15) is 11.1 Å². The second kappa shape index (κ2) is 8.27. The van der Waals surface area contributed by atoms with Crippen molar-refractivity contribution in [1.82, 2.24) is 15.0 Å². The molecule has 0 bridgehead atoms. The SMILES string of the molecule is COc1ccccc1-c1ccncc1-c1[nH]cnc1-c1cc(C(F)(F)F)cc(C(F)(F)F)c1. The molecule has 2 aromatic heterocycles. The lowest BCUT2D eigenvalue weighted by Gasteiger charge is -2.15. The van der Waals surface area contributed by atoms with Crippen LogP contribution in [0.5, 0.6) is 5.75 Å². The lowest BCUT2D eigenvalue weighted by atomic mass is 9.95. The third kappa shape index (κ3) is 4.41. The van der Waals surface area contributed by atoms with Gasteiger partial charge in [0.15, 0.2) is 0 Å². The number of hydrogen-bond acceptors (Lipinski definition) is 3. The van der Waals surface area contributed by atoms with Gasteiger partial charge in [-0.1, -0.05) is 18.2 Å². The molecule has 0 fully saturated rings. The number of aromatic amines is 1. The number of benzene rings is 2. The first kappa shape index (κ1) is 22.4. The van der Waals surface area contributed by atoms with Crippen LogP contribution in [0.25, 0.3) is 33.6 Å². The molecule has 0 amide bonds. The van der Waals surface area contributed by atoms with E-state index in [9.17, 15) is 26.3 Å². The number of pyridine rings is 1. The smallest absolute Gasteiger partial charge is 0.416 e. The standard InChI is InChI=1S/C23H15F6N3O/c1-33-19-5-3-2-4-17(19)16-6-7-30-11-18(16)21-20(31-12-32-21)13-8-14(22(24,25)26)10-15(9-13)23(27,28)29/h2-12H,1H3,(H,31,32). The Hall–Kier alpha value is -3.82. The van der Waals surface area contributed by atoms with Crippen molar-refractivity contribution in [2.75, 3.05) is 7.11 Å². The maximum absolute atomic E-state index is 13.4. The Bertz CT molecular complexity index is 1260. The largest absolute Gasteiger partial charge is 0.496 e. The van der Waals surface area contributed by atoms with Gasteiger partial charge in [-0.2, -0.15) is 26.3 Å². The lowest BCUT2D eigenvalue weighted by Crippen LogP contribution is -2.11.